The quantitative estimate of drug-likeness (QED) is 0.850. The molecule has 0 amide bonds. The van der Waals surface area contributed by atoms with Gasteiger partial charge in [0, 0.05) is 25.2 Å². The van der Waals surface area contributed by atoms with Crippen molar-refractivity contribution < 1.29 is 8.42 Å². The lowest BCUT2D eigenvalue weighted by atomic mass is 9.88. The van der Waals surface area contributed by atoms with E-state index < -0.39 is 10.0 Å². The lowest BCUT2D eigenvalue weighted by Gasteiger charge is -2.35. The molecule has 4 nitrogen and oxygen atoms in total. The van der Waals surface area contributed by atoms with Crippen molar-refractivity contribution in [2.24, 2.45) is 5.92 Å². The number of piperidine rings is 2. The van der Waals surface area contributed by atoms with E-state index in [4.69, 9.17) is 0 Å². The maximum atomic E-state index is 11.6. The number of nitrogens with one attached hydrogen (secondary N) is 1. The molecule has 2 fully saturated rings. The van der Waals surface area contributed by atoms with Crippen molar-refractivity contribution in [1.82, 2.24) is 9.62 Å². The van der Waals surface area contributed by atoms with Gasteiger partial charge in [-0.2, -0.15) is 0 Å². The Bertz CT molecular complexity index is 369. The molecule has 2 rings (SSSR count). The van der Waals surface area contributed by atoms with Gasteiger partial charge in [-0.1, -0.05) is 6.42 Å². The van der Waals surface area contributed by atoms with Crippen LogP contribution in [0.1, 0.15) is 45.4 Å². The van der Waals surface area contributed by atoms with Crippen LogP contribution in [0.3, 0.4) is 0 Å². The van der Waals surface area contributed by atoms with E-state index >= 15 is 0 Å². The van der Waals surface area contributed by atoms with Crippen LogP contribution < -0.4 is 5.32 Å². The summed E-state index contributed by atoms with van der Waals surface area (Å²) in [6.07, 6.45) is 8.49. The van der Waals surface area contributed by atoms with Gasteiger partial charge in [-0.15, -0.1) is 0 Å². The third-order valence-electron chi connectivity index (χ3n) is 4.28. The normalized spacial score (nSPS) is 35.6. The molecule has 3 unspecified atom stereocenters. The van der Waals surface area contributed by atoms with E-state index in [-0.39, 0.29) is 0 Å². The Morgan fingerprint density at radius 3 is 2.67 bits per heavy atom. The molecule has 0 aromatic rings. The first kappa shape index (κ1) is 14.3. The summed E-state index contributed by atoms with van der Waals surface area (Å²) >= 11 is 0. The Morgan fingerprint density at radius 1 is 1.22 bits per heavy atom. The number of hydrogen-bond donors (Lipinski definition) is 1. The van der Waals surface area contributed by atoms with Crippen LogP contribution in [0, 0.1) is 5.92 Å². The highest BCUT2D eigenvalue weighted by Crippen LogP contribution is 2.26. The topological polar surface area (TPSA) is 49.4 Å². The van der Waals surface area contributed by atoms with Crippen LogP contribution in [0.2, 0.25) is 0 Å². The van der Waals surface area contributed by atoms with Gasteiger partial charge in [-0.25, -0.2) is 12.7 Å². The van der Waals surface area contributed by atoms with Crippen LogP contribution in [0.5, 0.6) is 0 Å². The summed E-state index contributed by atoms with van der Waals surface area (Å²) in [5.41, 5.74) is 0. The van der Waals surface area contributed by atoms with Crippen molar-refractivity contribution in [2.75, 3.05) is 19.3 Å². The maximum absolute atomic E-state index is 11.6. The minimum atomic E-state index is -3.00. The second-order valence-corrected chi connectivity index (χ2v) is 8.04. The minimum Gasteiger partial charge on any atom is -0.311 e. The summed E-state index contributed by atoms with van der Waals surface area (Å²) in [6.45, 7) is 3.69. The Morgan fingerprint density at radius 2 is 2.00 bits per heavy atom. The molecule has 0 bridgehead atoms. The number of sulfonamides is 1. The summed E-state index contributed by atoms with van der Waals surface area (Å²) in [4.78, 5) is 0. The van der Waals surface area contributed by atoms with E-state index in [0.29, 0.717) is 24.5 Å². The van der Waals surface area contributed by atoms with Crippen LogP contribution in [0.25, 0.3) is 0 Å². The Hall–Kier alpha value is -0.130. The van der Waals surface area contributed by atoms with E-state index in [1.54, 1.807) is 4.31 Å². The fourth-order valence-electron chi connectivity index (χ4n) is 3.35. The third kappa shape index (κ3) is 3.93. The van der Waals surface area contributed by atoms with Gasteiger partial charge in [0.2, 0.25) is 10.0 Å². The monoisotopic (exact) mass is 274 g/mol. The molecular weight excluding hydrogens is 248 g/mol. The van der Waals surface area contributed by atoms with Gasteiger partial charge in [0.25, 0.3) is 0 Å². The molecule has 5 heteroatoms. The van der Waals surface area contributed by atoms with Gasteiger partial charge < -0.3 is 5.32 Å². The molecule has 106 valence electrons. The predicted octanol–water partition coefficient (Wildman–Crippen LogP) is 1.58. The first-order valence-electron chi connectivity index (χ1n) is 7.16. The highest BCUT2D eigenvalue weighted by atomic mass is 32.2. The van der Waals surface area contributed by atoms with E-state index in [1.807, 2.05) is 0 Å². The number of hydrogen-bond acceptors (Lipinski definition) is 3. The molecule has 0 aromatic carbocycles. The molecule has 18 heavy (non-hydrogen) atoms. The average Bonchev–Trinajstić information content (AvgIpc) is 2.28. The van der Waals surface area contributed by atoms with Gasteiger partial charge >= 0.3 is 0 Å². The fourth-order valence-corrected chi connectivity index (χ4v) is 4.29. The zero-order valence-electron chi connectivity index (χ0n) is 11.6. The molecule has 3 atom stereocenters. The van der Waals surface area contributed by atoms with E-state index in [2.05, 4.69) is 12.2 Å². The zero-order valence-corrected chi connectivity index (χ0v) is 12.4. The first-order valence-corrected chi connectivity index (χ1v) is 9.01. The van der Waals surface area contributed by atoms with E-state index in [1.165, 1.54) is 31.9 Å². The third-order valence-corrected chi connectivity index (χ3v) is 5.55. The van der Waals surface area contributed by atoms with Gasteiger partial charge in [0.1, 0.15) is 0 Å². The van der Waals surface area contributed by atoms with Crippen molar-refractivity contribution in [3.8, 4) is 0 Å². The van der Waals surface area contributed by atoms with E-state index in [9.17, 15) is 8.42 Å². The van der Waals surface area contributed by atoms with Crippen LogP contribution >= 0.6 is 0 Å². The lowest BCUT2D eigenvalue weighted by Crippen LogP contribution is -2.45. The summed E-state index contributed by atoms with van der Waals surface area (Å²) in [6, 6.07) is 1.22. The highest BCUT2D eigenvalue weighted by Gasteiger charge is 2.28. The zero-order chi connectivity index (χ0) is 13.2. The van der Waals surface area contributed by atoms with E-state index in [0.717, 1.165) is 19.4 Å². The van der Waals surface area contributed by atoms with Crippen molar-refractivity contribution in [1.29, 1.82) is 0 Å². The van der Waals surface area contributed by atoms with Crippen molar-refractivity contribution in [3.05, 3.63) is 0 Å². The standard InChI is InChI=1S/C13H26N2O2S/c1-11-5-3-7-13(14-11)9-12-6-4-8-15(10-12)18(2,16)17/h11-14H,3-10H2,1-2H3. The SMILES string of the molecule is CC1CCCC(CC2CCCN(S(C)(=O)=O)C2)N1. The van der Waals surface area contributed by atoms with Gasteiger partial charge in [-0.3, -0.25) is 0 Å². The van der Waals surface area contributed by atoms with Crippen molar-refractivity contribution in [3.63, 3.8) is 0 Å². The molecule has 2 aliphatic rings. The van der Waals surface area contributed by atoms with Crippen molar-refractivity contribution >= 4 is 10.0 Å². The molecule has 0 aromatic heterocycles. The van der Waals surface area contributed by atoms with Gasteiger partial charge in [0.05, 0.1) is 6.26 Å². The molecule has 0 aliphatic carbocycles. The van der Waals surface area contributed by atoms with Crippen LogP contribution in [-0.2, 0) is 10.0 Å². The second kappa shape index (κ2) is 5.88. The smallest absolute Gasteiger partial charge is 0.211 e. The number of rotatable bonds is 3. The van der Waals surface area contributed by atoms with Gasteiger partial charge in [0.15, 0.2) is 0 Å². The Labute approximate surface area is 111 Å². The molecule has 1 N–H and O–H groups in total. The number of nitrogens with zero attached hydrogens (tertiary/aromatic N) is 1. The highest BCUT2D eigenvalue weighted by molar-refractivity contribution is 7.88. The molecule has 2 heterocycles. The summed E-state index contributed by atoms with van der Waals surface area (Å²) < 4.78 is 24.8. The Kier molecular flexibility index (Phi) is 4.67. The van der Waals surface area contributed by atoms with Crippen LogP contribution in [0.15, 0.2) is 0 Å². The molecular formula is C13H26N2O2S. The summed E-state index contributed by atoms with van der Waals surface area (Å²) in [5, 5.41) is 3.65. The minimum absolute atomic E-state index is 0.538. The average molecular weight is 274 g/mol. The summed E-state index contributed by atoms with van der Waals surface area (Å²) in [5.74, 6) is 0.538. The predicted molar refractivity (Wildman–Crippen MR) is 74.0 cm³/mol. The molecule has 0 saturated carbocycles. The summed E-state index contributed by atoms with van der Waals surface area (Å²) in [7, 11) is -3.00. The van der Waals surface area contributed by atoms with Crippen LogP contribution in [-0.4, -0.2) is 44.2 Å². The first-order chi connectivity index (χ1) is 8.45. The maximum Gasteiger partial charge on any atom is 0.211 e. The largest absolute Gasteiger partial charge is 0.311 e. The van der Waals surface area contributed by atoms with Crippen LogP contribution in [0.4, 0.5) is 0 Å². The molecule has 2 aliphatic heterocycles. The van der Waals surface area contributed by atoms with Crippen molar-refractivity contribution in [2.45, 2.75) is 57.5 Å². The fraction of sp³-hybridized carbons (Fsp3) is 1.00. The molecule has 0 spiro atoms. The molecule has 0 radical (unpaired) electrons. The van der Waals surface area contributed by atoms with Gasteiger partial charge in [-0.05, 0) is 44.9 Å². The second-order valence-electron chi connectivity index (χ2n) is 6.06. The molecule has 2 saturated heterocycles. The Balaban J connectivity index is 1.86. The lowest BCUT2D eigenvalue weighted by molar-refractivity contribution is 0.215.